The average Bonchev–Trinajstić information content (AvgIpc) is 2.35. The summed E-state index contributed by atoms with van der Waals surface area (Å²) in [5, 5.41) is 9.10. The molecule has 0 radical (unpaired) electrons. The maximum Gasteiger partial charge on any atom is 0.306 e. The summed E-state index contributed by atoms with van der Waals surface area (Å²) >= 11 is 0. The number of aliphatic carboxylic acids is 1. The van der Waals surface area contributed by atoms with E-state index in [0.29, 0.717) is 0 Å². The minimum absolute atomic E-state index is 0.0926. The van der Waals surface area contributed by atoms with Crippen LogP contribution < -0.4 is 0 Å². The first kappa shape index (κ1) is 17.5. The van der Waals surface area contributed by atoms with E-state index in [9.17, 15) is 4.79 Å². The van der Waals surface area contributed by atoms with Gasteiger partial charge in [0.15, 0.2) is 0 Å². The quantitative estimate of drug-likeness (QED) is 0.447. The van der Waals surface area contributed by atoms with Crippen molar-refractivity contribution < 1.29 is 9.90 Å². The van der Waals surface area contributed by atoms with Crippen LogP contribution in [-0.4, -0.2) is 11.1 Å². The van der Waals surface area contributed by atoms with Crippen LogP contribution in [0.3, 0.4) is 0 Å². The number of carbonyl (C=O) groups is 1. The molecule has 0 aromatic carbocycles. The molecule has 108 valence electrons. The molecule has 0 unspecified atom stereocenters. The largest absolute Gasteiger partial charge is 0.481 e. The summed E-state index contributed by atoms with van der Waals surface area (Å²) in [5.74, 6) is -0.684. The highest BCUT2D eigenvalue weighted by Crippen LogP contribution is 2.18. The number of unbranched alkanes of at least 4 members (excludes halogenated alkanes) is 8. The van der Waals surface area contributed by atoms with Crippen molar-refractivity contribution in [2.24, 2.45) is 5.92 Å². The van der Waals surface area contributed by atoms with E-state index in [-0.39, 0.29) is 5.92 Å². The van der Waals surface area contributed by atoms with Gasteiger partial charge in [-0.3, -0.25) is 4.79 Å². The second-order valence-electron chi connectivity index (χ2n) is 5.44. The van der Waals surface area contributed by atoms with Gasteiger partial charge in [-0.2, -0.15) is 0 Å². The fourth-order valence-electron chi connectivity index (χ4n) is 2.37. The van der Waals surface area contributed by atoms with Crippen molar-refractivity contribution >= 4 is 5.97 Å². The van der Waals surface area contributed by atoms with Gasteiger partial charge in [-0.05, 0) is 12.8 Å². The van der Waals surface area contributed by atoms with Crippen LogP contribution >= 0.6 is 0 Å². The number of hydrogen-bond donors (Lipinski definition) is 1. The first-order chi connectivity index (χ1) is 8.72. The first-order valence-corrected chi connectivity index (χ1v) is 7.95. The van der Waals surface area contributed by atoms with E-state index in [1.807, 2.05) is 0 Å². The fraction of sp³-hybridized carbons (Fsp3) is 0.938. The lowest BCUT2D eigenvalue weighted by molar-refractivity contribution is -0.142. The fourth-order valence-corrected chi connectivity index (χ4v) is 2.37. The maximum absolute atomic E-state index is 11.0. The minimum Gasteiger partial charge on any atom is -0.481 e. The predicted octanol–water partition coefficient (Wildman–Crippen LogP) is 5.41. The molecule has 2 heteroatoms. The Balaban J connectivity index is 3.40. The molecule has 0 spiro atoms. The third-order valence-electron chi connectivity index (χ3n) is 3.66. The average molecular weight is 256 g/mol. The zero-order chi connectivity index (χ0) is 13.6. The Bertz CT molecular complexity index is 190. The van der Waals surface area contributed by atoms with Crippen molar-refractivity contribution in [1.29, 1.82) is 0 Å². The summed E-state index contributed by atoms with van der Waals surface area (Å²) in [7, 11) is 0. The van der Waals surface area contributed by atoms with Crippen molar-refractivity contribution in [2.75, 3.05) is 0 Å². The Morgan fingerprint density at radius 1 is 0.778 bits per heavy atom. The van der Waals surface area contributed by atoms with Crippen LogP contribution in [0.2, 0.25) is 0 Å². The second kappa shape index (κ2) is 12.9. The number of hydrogen-bond acceptors (Lipinski definition) is 1. The van der Waals surface area contributed by atoms with Gasteiger partial charge in [-0.15, -0.1) is 0 Å². The summed E-state index contributed by atoms with van der Waals surface area (Å²) in [6.45, 7) is 4.36. The highest BCUT2D eigenvalue weighted by atomic mass is 16.4. The Labute approximate surface area is 113 Å². The molecule has 0 saturated heterocycles. The highest BCUT2D eigenvalue weighted by Gasteiger charge is 2.15. The van der Waals surface area contributed by atoms with E-state index >= 15 is 0 Å². The van der Waals surface area contributed by atoms with Gasteiger partial charge < -0.3 is 5.11 Å². The molecule has 18 heavy (non-hydrogen) atoms. The predicted molar refractivity (Wildman–Crippen MR) is 77.9 cm³/mol. The van der Waals surface area contributed by atoms with Crippen molar-refractivity contribution in [1.82, 2.24) is 0 Å². The van der Waals surface area contributed by atoms with Crippen LogP contribution in [0.4, 0.5) is 0 Å². The zero-order valence-electron chi connectivity index (χ0n) is 12.4. The van der Waals surface area contributed by atoms with Crippen molar-refractivity contribution in [3.05, 3.63) is 0 Å². The summed E-state index contributed by atoms with van der Waals surface area (Å²) in [4.78, 5) is 11.0. The van der Waals surface area contributed by atoms with Gasteiger partial charge in [0.05, 0.1) is 5.92 Å². The van der Waals surface area contributed by atoms with E-state index in [0.717, 1.165) is 32.1 Å². The molecule has 1 atom stereocenters. The van der Waals surface area contributed by atoms with Gasteiger partial charge in [-0.1, -0.05) is 78.1 Å². The molecule has 0 saturated carbocycles. The van der Waals surface area contributed by atoms with Crippen LogP contribution in [0.5, 0.6) is 0 Å². The lowest BCUT2D eigenvalue weighted by Gasteiger charge is -2.11. The molecule has 1 N–H and O–H groups in total. The SMILES string of the molecule is CCCCCCCCCC[C@@H](CCCC)C(=O)O. The molecular formula is C16H32O2. The Morgan fingerprint density at radius 3 is 1.72 bits per heavy atom. The van der Waals surface area contributed by atoms with Crippen molar-refractivity contribution in [3.8, 4) is 0 Å². The van der Waals surface area contributed by atoms with Gasteiger partial charge in [0.2, 0.25) is 0 Å². The number of carboxylic acids is 1. The van der Waals surface area contributed by atoms with Crippen molar-refractivity contribution in [3.63, 3.8) is 0 Å². The standard InChI is InChI=1S/C16H32O2/c1-3-5-7-8-9-10-11-12-14-15(16(17)18)13-6-4-2/h15H,3-14H2,1-2H3,(H,17,18)/t15-/m1/s1. The molecule has 0 fully saturated rings. The third-order valence-corrected chi connectivity index (χ3v) is 3.66. The van der Waals surface area contributed by atoms with E-state index in [2.05, 4.69) is 13.8 Å². The maximum atomic E-state index is 11.0. The molecule has 0 aliphatic carbocycles. The molecule has 0 heterocycles. The van der Waals surface area contributed by atoms with Gasteiger partial charge in [-0.25, -0.2) is 0 Å². The Kier molecular flexibility index (Phi) is 12.5. The molecule has 0 aromatic rings. The van der Waals surface area contributed by atoms with Crippen molar-refractivity contribution in [2.45, 2.75) is 90.9 Å². The molecule has 0 rings (SSSR count). The van der Waals surface area contributed by atoms with Crippen LogP contribution in [0, 0.1) is 5.92 Å². The molecule has 2 nitrogen and oxygen atoms in total. The monoisotopic (exact) mass is 256 g/mol. The smallest absolute Gasteiger partial charge is 0.306 e. The minimum atomic E-state index is -0.591. The topological polar surface area (TPSA) is 37.3 Å². The van der Waals surface area contributed by atoms with Crippen LogP contribution in [0.15, 0.2) is 0 Å². The van der Waals surface area contributed by atoms with E-state index in [4.69, 9.17) is 5.11 Å². The lowest BCUT2D eigenvalue weighted by Crippen LogP contribution is -2.13. The number of carboxylic acid groups (broad SMARTS) is 1. The lowest BCUT2D eigenvalue weighted by atomic mass is 9.95. The summed E-state index contributed by atoms with van der Waals surface area (Å²) in [6, 6.07) is 0. The zero-order valence-corrected chi connectivity index (χ0v) is 12.4. The third kappa shape index (κ3) is 10.6. The molecule has 0 amide bonds. The summed E-state index contributed by atoms with van der Waals surface area (Å²) in [6.07, 6.45) is 14.2. The van der Waals surface area contributed by atoms with Gasteiger partial charge in [0, 0.05) is 0 Å². The van der Waals surface area contributed by atoms with Gasteiger partial charge >= 0.3 is 5.97 Å². The molecule has 0 aliphatic rings. The van der Waals surface area contributed by atoms with Crippen LogP contribution in [0.1, 0.15) is 90.9 Å². The van der Waals surface area contributed by atoms with Crippen LogP contribution in [-0.2, 0) is 4.79 Å². The van der Waals surface area contributed by atoms with Gasteiger partial charge in [0.25, 0.3) is 0 Å². The highest BCUT2D eigenvalue weighted by molar-refractivity contribution is 5.69. The van der Waals surface area contributed by atoms with Crippen LogP contribution in [0.25, 0.3) is 0 Å². The molecule has 0 bridgehead atoms. The Hall–Kier alpha value is -0.530. The summed E-state index contributed by atoms with van der Waals surface area (Å²) < 4.78 is 0. The first-order valence-electron chi connectivity index (χ1n) is 7.95. The molecule has 0 aliphatic heterocycles. The normalized spacial score (nSPS) is 12.6. The number of rotatable bonds is 13. The van der Waals surface area contributed by atoms with E-state index in [1.54, 1.807) is 0 Å². The van der Waals surface area contributed by atoms with E-state index in [1.165, 1.54) is 44.9 Å². The molecular weight excluding hydrogens is 224 g/mol. The molecule has 0 aromatic heterocycles. The summed E-state index contributed by atoms with van der Waals surface area (Å²) in [5.41, 5.74) is 0. The van der Waals surface area contributed by atoms with Gasteiger partial charge in [0.1, 0.15) is 0 Å². The Morgan fingerprint density at radius 2 is 1.22 bits per heavy atom. The van der Waals surface area contributed by atoms with E-state index < -0.39 is 5.97 Å². The second-order valence-corrected chi connectivity index (χ2v) is 5.44.